The molecule has 1 aliphatic heterocycles. The Morgan fingerprint density at radius 2 is 2.29 bits per heavy atom. The molecule has 1 aliphatic rings. The monoisotopic (exact) mass is 311 g/mol. The fourth-order valence-corrected chi connectivity index (χ4v) is 2.36. The number of nitrogens with one attached hydrogen (secondary N) is 2. The molecule has 1 saturated heterocycles. The number of urea groups is 1. The highest BCUT2D eigenvalue weighted by molar-refractivity contribution is 6.30. The number of anilines is 1. The Hall–Kier alpha value is -1.79. The molecule has 21 heavy (non-hydrogen) atoms. The first kappa shape index (κ1) is 15.6. The summed E-state index contributed by atoms with van der Waals surface area (Å²) in [5.74, 6) is 0.0532. The van der Waals surface area contributed by atoms with Gasteiger partial charge >= 0.3 is 6.03 Å². The molecule has 114 valence electrons. The molecule has 3 amide bonds. The van der Waals surface area contributed by atoms with Crippen LogP contribution in [0, 0.1) is 0 Å². The molecule has 0 bridgehead atoms. The molecule has 0 aliphatic carbocycles. The second-order valence-corrected chi connectivity index (χ2v) is 5.38. The van der Waals surface area contributed by atoms with Crippen molar-refractivity contribution in [2.75, 3.05) is 25.0 Å². The predicted molar refractivity (Wildman–Crippen MR) is 80.3 cm³/mol. The molecule has 6 nitrogen and oxygen atoms in total. The lowest BCUT2D eigenvalue weighted by Crippen LogP contribution is -2.41. The third-order valence-electron chi connectivity index (χ3n) is 3.18. The molecule has 1 aromatic carbocycles. The van der Waals surface area contributed by atoms with E-state index in [1.165, 1.54) is 0 Å². The first-order valence-corrected chi connectivity index (χ1v) is 7.18. The van der Waals surface area contributed by atoms with Crippen molar-refractivity contribution in [1.82, 2.24) is 10.2 Å². The normalized spacial score (nSPS) is 15.9. The van der Waals surface area contributed by atoms with Gasteiger partial charge in [0.25, 0.3) is 0 Å². The van der Waals surface area contributed by atoms with Crippen LogP contribution in [0.2, 0.25) is 5.02 Å². The number of rotatable bonds is 5. The highest BCUT2D eigenvalue weighted by atomic mass is 35.5. The predicted octanol–water partition coefficient (Wildman–Crippen LogP) is 1.44. The van der Waals surface area contributed by atoms with E-state index in [0.29, 0.717) is 23.7 Å². The van der Waals surface area contributed by atoms with Gasteiger partial charge in [-0.25, -0.2) is 4.79 Å². The van der Waals surface area contributed by atoms with E-state index in [9.17, 15) is 14.7 Å². The van der Waals surface area contributed by atoms with Crippen LogP contribution in [0.4, 0.5) is 10.5 Å². The zero-order valence-electron chi connectivity index (χ0n) is 11.5. The van der Waals surface area contributed by atoms with Crippen molar-refractivity contribution >= 4 is 29.2 Å². The maximum absolute atomic E-state index is 11.7. The van der Waals surface area contributed by atoms with Gasteiger partial charge in [-0.2, -0.15) is 0 Å². The van der Waals surface area contributed by atoms with Crippen molar-refractivity contribution in [3.63, 3.8) is 0 Å². The van der Waals surface area contributed by atoms with Crippen LogP contribution in [0.3, 0.4) is 0 Å². The van der Waals surface area contributed by atoms with Crippen molar-refractivity contribution in [2.45, 2.75) is 18.9 Å². The molecule has 0 saturated carbocycles. The van der Waals surface area contributed by atoms with Gasteiger partial charge in [0, 0.05) is 36.8 Å². The van der Waals surface area contributed by atoms with E-state index >= 15 is 0 Å². The van der Waals surface area contributed by atoms with Crippen LogP contribution < -0.4 is 10.6 Å². The number of carbonyl (C=O) groups excluding carboxylic acids is 2. The number of likely N-dealkylation sites (tertiary alicyclic amines) is 1. The quantitative estimate of drug-likeness (QED) is 0.769. The number of benzene rings is 1. The van der Waals surface area contributed by atoms with E-state index in [2.05, 4.69) is 10.6 Å². The molecule has 0 spiro atoms. The highest BCUT2D eigenvalue weighted by Crippen LogP contribution is 2.14. The fraction of sp³-hybridized carbons (Fsp3) is 0.429. The first-order chi connectivity index (χ1) is 10.0. The Morgan fingerprint density at radius 1 is 1.48 bits per heavy atom. The summed E-state index contributed by atoms with van der Waals surface area (Å²) in [4.78, 5) is 24.7. The summed E-state index contributed by atoms with van der Waals surface area (Å²) in [6.07, 6.45) is 0.584. The Balaban J connectivity index is 1.72. The summed E-state index contributed by atoms with van der Waals surface area (Å²) in [5.41, 5.74) is 0.573. The maximum atomic E-state index is 11.7. The van der Waals surface area contributed by atoms with E-state index in [-0.39, 0.29) is 19.0 Å². The standard InChI is InChI=1S/C14H18ClN3O3/c15-10-3-1-4-11(7-10)17-14(21)16-8-12(19)9-18-6-2-5-13(18)20/h1,3-4,7,12,19H,2,5-6,8-9H2,(H2,16,17,21). The highest BCUT2D eigenvalue weighted by Gasteiger charge is 2.22. The van der Waals surface area contributed by atoms with Crippen LogP contribution in [-0.4, -0.2) is 47.7 Å². The van der Waals surface area contributed by atoms with Crippen molar-refractivity contribution in [3.8, 4) is 0 Å². The van der Waals surface area contributed by atoms with E-state index in [4.69, 9.17) is 11.6 Å². The largest absolute Gasteiger partial charge is 0.389 e. The van der Waals surface area contributed by atoms with Gasteiger partial charge < -0.3 is 20.6 Å². The number of aliphatic hydroxyl groups excluding tert-OH is 1. The van der Waals surface area contributed by atoms with Gasteiger partial charge in [0.05, 0.1) is 6.10 Å². The molecule has 1 unspecified atom stereocenters. The summed E-state index contributed by atoms with van der Waals surface area (Å²) in [7, 11) is 0. The number of amides is 3. The molecule has 1 atom stereocenters. The molecule has 1 fully saturated rings. The van der Waals surface area contributed by atoms with Gasteiger partial charge in [-0.05, 0) is 24.6 Å². The van der Waals surface area contributed by atoms with E-state index in [1.807, 2.05) is 0 Å². The van der Waals surface area contributed by atoms with E-state index < -0.39 is 12.1 Å². The molecular formula is C14H18ClN3O3. The zero-order chi connectivity index (χ0) is 15.2. The zero-order valence-corrected chi connectivity index (χ0v) is 12.3. The maximum Gasteiger partial charge on any atom is 0.319 e. The molecule has 1 aromatic rings. The summed E-state index contributed by atoms with van der Waals surface area (Å²) < 4.78 is 0. The van der Waals surface area contributed by atoms with Crippen molar-refractivity contribution in [3.05, 3.63) is 29.3 Å². The summed E-state index contributed by atoms with van der Waals surface area (Å²) >= 11 is 5.82. The molecule has 7 heteroatoms. The Morgan fingerprint density at radius 3 is 2.95 bits per heavy atom. The minimum Gasteiger partial charge on any atom is -0.389 e. The Kier molecular flexibility index (Phi) is 5.41. The molecule has 2 rings (SSSR count). The van der Waals surface area contributed by atoms with Crippen LogP contribution in [0.5, 0.6) is 0 Å². The molecule has 0 radical (unpaired) electrons. The lowest BCUT2D eigenvalue weighted by molar-refractivity contribution is -0.128. The lowest BCUT2D eigenvalue weighted by atomic mass is 10.3. The lowest BCUT2D eigenvalue weighted by Gasteiger charge is -2.20. The van der Waals surface area contributed by atoms with Crippen LogP contribution in [0.25, 0.3) is 0 Å². The molecule has 1 heterocycles. The number of hydrogen-bond donors (Lipinski definition) is 3. The summed E-state index contributed by atoms with van der Waals surface area (Å²) in [5, 5.41) is 15.5. The number of halogens is 1. The van der Waals surface area contributed by atoms with Crippen LogP contribution in [0.1, 0.15) is 12.8 Å². The number of nitrogens with zero attached hydrogens (tertiary/aromatic N) is 1. The van der Waals surface area contributed by atoms with Gasteiger partial charge in [0.15, 0.2) is 0 Å². The second-order valence-electron chi connectivity index (χ2n) is 4.94. The van der Waals surface area contributed by atoms with Crippen LogP contribution >= 0.6 is 11.6 Å². The number of carbonyl (C=O) groups is 2. The van der Waals surface area contributed by atoms with Gasteiger partial charge in [-0.15, -0.1) is 0 Å². The molecule has 0 aromatic heterocycles. The third kappa shape index (κ3) is 4.91. The fourth-order valence-electron chi connectivity index (χ4n) is 2.17. The first-order valence-electron chi connectivity index (χ1n) is 6.81. The second kappa shape index (κ2) is 7.28. The summed E-state index contributed by atoms with van der Waals surface area (Å²) in [6.45, 7) is 0.997. The topological polar surface area (TPSA) is 81.7 Å². The molecular weight excluding hydrogens is 294 g/mol. The van der Waals surface area contributed by atoms with Crippen LogP contribution in [-0.2, 0) is 4.79 Å². The average molecular weight is 312 g/mol. The molecule has 3 N–H and O–H groups in total. The van der Waals surface area contributed by atoms with Gasteiger partial charge in [-0.1, -0.05) is 17.7 Å². The minimum atomic E-state index is -0.780. The van der Waals surface area contributed by atoms with Crippen molar-refractivity contribution in [2.24, 2.45) is 0 Å². The Bertz CT molecular complexity index is 524. The van der Waals surface area contributed by atoms with Crippen molar-refractivity contribution < 1.29 is 14.7 Å². The van der Waals surface area contributed by atoms with Gasteiger partial charge in [-0.3, -0.25) is 4.79 Å². The Labute approximate surface area is 128 Å². The van der Waals surface area contributed by atoms with E-state index in [1.54, 1.807) is 29.2 Å². The SMILES string of the molecule is O=C(NCC(O)CN1CCCC1=O)Nc1cccc(Cl)c1. The number of aliphatic hydroxyl groups is 1. The third-order valence-corrected chi connectivity index (χ3v) is 3.42. The minimum absolute atomic E-state index is 0.0532. The van der Waals surface area contributed by atoms with E-state index in [0.717, 1.165) is 6.42 Å². The van der Waals surface area contributed by atoms with Crippen LogP contribution in [0.15, 0.2) is 24.3 Å². The number of β-amino-alcohol motifs (C(OH)–C–C–N with tert-alkyl or cyclic N) is 1. The number of hydrogen-bond acceptors (Lipinski definition) is 3. The van der Waals surface area contributed by atoms with Gasteiger partial charge in [0.1, 0.15) is 0 Å². The van der Waals surface area contributed by atoms with Gasteiger partial charge in [0.2, 0.25) is 5.91 Å². The summed E-state index contributed by atoms with van der Waals surface area (Å²) in [6, 6.07) is 6.35. The van der Waals surface area contributed by atoms with Crippen molar-refractivity contribution in [1.29, 1.82) is 0 Å². The smallest absolute Gasteiger partial charge is 0.319 e. The average Bonchev–Trinajstić information content (AvgIpc) is 2.82.